The molecule has 4 unspecified atom stereocenters. The molecule has 2 nitrogen and oxygen atoms in total. The lowest BCUT2D eigenvalue weighted by Crippen LogP contribution is -2.60. The van der Waals surface area contributed by atoms with E-state index in [9.17, 15) is 5.11 Å². The van der Waals surface area contributed by atoms with Crippen molar-refractivity contribution in [2.75, 3.05) is 5.75 Å². The molecular weight excluding hydrogens is 220 g/mol. The van der Waals surface area contributed by atoms with Crippen LogP contribution in [0.25, 0.3) is 0 Å². The molecule has 3 heteroatoms. The van der Waals surface area contributed by atoms with Gasteiger partial charge in [0, 0.05) is 5.75 Å². The lowest BCUT2D eigenvalue weighted by atomic mass is 9.47. The topological polar surface area (TPSA) is 29.5 Å². The highest BCUT2D eigenvalue weighted by molar-refractivity contribution is 7.94. The van der Waals surface area contributed by atoms with Gasteiger partial charge in [0.25, 0.3) is 0 Å². The van der Waals surface area contributed by atoms with Gasteiger partial charge in [-0.1, -0.05) is 27.7 Å². The Balaban J connectivity index is 1.82. The largest absolute Gasteiger partial charge is 0.390 e. The lowest BCUT2D eigenvalue weighted by molar-refractivity contribution is -0.182. The Labute approximate surface area is 103 Å². The fourth-order valence-corrected chi connectivity index (χ4v) is 3.79. The molecule has 3 rings (SSSR count). The average molecular weight is 244 g/mol. The van der Waals surface area contributed by atoms with Crippen molar-refractivity contribution < 1.29 is 9.29 Å². The first-order valence-corrected chi connectivity index (χ1v) is 7.30. The van der Waals surface area contributed by atoms with Crippen LogP contribution in [0.15, 0.2) is 0 Å². The molecule has 0 radical (unpaired) electrons. The van der Waals surface area contributed by atoms with Crippen LogP contribution in [0.4, 0.5) is 0 Å². The van der Waals surface area contributed by atoms with Crippen molar-refractivity contribution in [3.63, 3.8) is 0 Å². The minimum absolute atomic E-state index is 0.0699. The summed E-state index contributed by atoms with van der Waals surface area (Å²) in [7, 11) is 0. The quantitative estimate of drug-likeness (QED) is 0.771. The monoisotopic (exact) mass is 244 g/mol. The number of aliphatic hydroxyl groups is 1. The van der Waals surface area contributed by atoms with Crippen molar-refractivity contribution in [2.45, 2.75) is 52.7 Å². The number of rotatable bonds is 4. The van der Waals surface area contributed by atoms with Crippen molar-refractivity contribution in [1.82, 2.24) is 0 Å². The van der Waals surface area contributed by atoms with Gasteiger partial charge in [0.05, 0.1) is 12.2 Å². The molecule has 2 bridgehead atoms. The number of fused-ring (bicyclic) bond motifs is 2. The van der Waals surface area contributed by atoms with E-state index in [0.29, 0.717) is 17.3 Å². The van der Waals surface area contributed by atoms with Gasteiger partial charge in [-0.15, -0.1) is 0 Å². The summed E-state index contributed by atoms with van der Waals surface area (Å²) in [6, 6.07) is 0. The van der Waals surface area contributed by atoms with Crippen LogP contribution in [0.1, 0.15) is 40.5 Å². The van der Waals surface area contributed by atoms with Crippen LogP contribution in [0.5, 0.6) is 0 Å². The van der Waals surface area contributed by atoms with E-state index in [0.717, 1.165) is 18.1 Å². The average Bonchev–Trinajstić information content (AvgIpc) is 2.19. The molecule has 0 aromatic rings. The number of aliphatic hydroxyl groups excluding tert-OH is 1. The zero-order chi connectivity index (χ0) is 11.9. The van der Waals surface area contributed by atoms with Gasteiger partial charge < -0.3 is 9.29 Å². The molecule has 4 atom stereocenters. The Kier molecular flexibility index (Phi) is 3.58. The molecule has 0 heterocycles. The predicted octanol–water partition coefficient (Wildman–Crippen LogP) is 3.10. The highest BCUT2D eigenvalue weighted by Gasteiger charge is 2.57. The summed E-state index contributed by atoms with van der Waals surface area (Å²) in [5.41, 5.74) is 0.335. The molecule has 1 N–H and O–H groups in total. The van der Waals surface area contributed by atoms with Crippen LogP contribution in [0, 0.1) is 23.2 Å². The lowest BCUT2D eigenvalue weighted by Gasteiger charge is -2.60. The standard InChI is InChI=1S/C13H24O2S/c1-8(2)7-16-15-11-6-9-5-10(12(11)14)13(9,3)4/h8-12,14H,5-7H2,1-4H3. The third-order valence-corrected chi connectivity index (χ3v) is 5.64. The second kappa shape index (κ2) is 4.51. The first-order chi connectivity index (χ1) is 7.43. The molecular formula is C13H24O2S. The van der Waals surface area contributed by atoms with Gasteiger partial charge in [0.1, 0.15) is 0 Å². The second-order valence-corrected chi connectivity index (χ2v) is 7.16. The summed E-state index contributed by atoms with van der Waals surface area (Å²) in [6.45, 7) is 8.95. The summed E-state index contributed by atoms with van der Waals surface area (Å²) >= 11 is 1.53. The Morgan fingerprint density at radius 3 is 2.56 bits per heavy atom. The normalized spacial score (nSPS) is 40.9. The second-order valence-electron chi connectivity index (χ2n) is 6.40. The van der Waals surface area contributed by atoms with Gasteiger partial charge in [-0.2, -0.15) is 0 Å². The van der Waals surface area contributed by atoms with Crippen molar-refractivity contribution in [3.8, 4) is 0 Å². The van der Waals surface area contributed by atoms with E-state index in [1.165, 1.54) is 18.5 Å². The molecule has 3 aliphatic rings. The van der Waals surface area contributed by atoms with Crippen LogP contribution in [-0.4, -0.2) is 23.1 Å². The van der Waals surface area contributed by atoms with Crippen LogP contribution >= 0.6 is 12.0 Å². The highest BCUT2D eigenvalue weighted by atomic mass is 32.2. The number of hydrogen-bond donors (Lipinski definition) is 1. The van der Waals surface area contributed by atoms with E-state index in [-0.39, 0.29) is 12.2 Å². The SMILES string of the molecule is CC(C)CSOC1CC2CC(C1O)C2(C)C. The van der Waals surface area contributed by atoms with E-state index in [1.807, 2.05) is 0 Å². The van der Waals surface area contributed by atoms with Crippen molar-refractivity contribution in [1.29, 1.82) is 0 Å². The first kappa shape index (κ1) is 12.7. The van der Waals surface area contributed by atoms with E-state index in [4.69, 9.17) is 4.18 Å². The van der Waals surface area contributed by atoms with Gasteiger partial charge in [-0.3, -0.25) is 0 Å². The third-order valence-electron chi connectivity index (χ3n) is 4.45. The number of hydrogen-bond acceptors (Lipinski definition) is 3. The molecule has 94 valence electrons. The summed E-state index contributed by atoms with van der Waals surface area (Å²) in [5.74, 6) is 2.88. The molecule has 0 amide bonds. The van der Waals surface area contributed by atoms with Crippen LogP contribution in [-0.2, 0) is 4.18 Å². The minimum atomic E-state index is -0.250. The summed E-state index contributed by atoms with van der Waals surface area (Å²) in [4.78, 5) is 0. The van der Waals surface area contributed by atoms with Crippen molar-refractivity contribution >= 4 is 12.0 Å². The van der Waals surface area contributed by atoms with Crippen molar-refractivity contribution in [2.24, 2.45) is 23.2 Å². The molecule has 3 fully saturated rings. The van der Waals surface area contributed by atoms with E-state index >= 15 is 0 Å². The van der Waals surface area contributed by atoms with Gasteiger partial charge in [-0.05, 0) is 48.1 Å². The molecule has 16 heavy (non-hydrogen) atoms. The Bertz CT molecular complexity index is 252. The van der Waals surface area contributed by atoms with E-state index in [1.54, 1.807) is 0 Å². The van der Waals surface area contributed by atoms with Crippen LogP contribution < -0.4 is 0 Å². The molecule has 0 aliphatic heterocycles. The molecule has 0 aromatic heterocycles. The Hall–Kier alpha value is 0.270. The summed E-state index contributed by atoms with van der Waals surface area (Å²) in [5, 5.41) is 10.2. The smallest absolute Gasteiger partial charge is 0.0986 e. The Morgan fingerprint density at radius 2 is 2.06 bits per heavy atom. The molecule has 0 aromatic carbocycles. The van der Waals surface area contributed by atoms with Gasteiger partial charge in [-0.25, -0.2) is 0 Å². The van der Waals surface area contributed by atoms with Crippen LogP contribution in [0.2, 0.25) is 0 Å². The maximum Gasteiger partial charge on any atom is 0.0986 e. The first-order valence-electron chi connectivity index (χ1n) is 6.39. The van der Waals surface area contributed by atoms with Crippen molar-refractivity contribution in [3.05, 3.63) is 0 Å². The van der Waals surface area contributed by atoms with Gasteiger partial charge in [0.15, 0.2) is 0 Å². The van der Waals surface area contributed by atoms with E-state index in [2.05, 4.69) is 27.7 Å². The zero-order valence-corrected chi connectivity index (χ0v) is 11.6. The Morgan fingerprint density at radius 1 is 1.38 bits per heavy atom. The molecule has 3 saturated carbocycles. The van der Waals surface area contributed by atoms with Gasteiger partial charge in [0.2, 0.25) is 0 Å². The minimum Gasteiger partial charge on any atom is -0.390 e. The maximum absolute atomic E-state index is 10.2. The highest BCUT2D eigenvalue weighted by Crippen LogP contribution is 2.59. The summed E-state index contributed by atoms with van der Waals surface area (Å²) in [6.07, 6.45) is 2.05. The molecule has 0 saturated heterocycles. The van der Waals surface area contributed by atoms with Crippen LogP contribution in [0.3, 0.4) is 0 Å². The molecule has 3 aliphatic carbocycles. The maximum atomic E-state index is 10.2. The predicted molar refractivity (Wildman–Crippen MR) is 68.2 cm³/mol. The third kappa shape index (κ3) is 2.14. The fraction of sp³-hybridized carbons (Fsp3) is 1.00. The zero-order valence-electron chi connectivity index (χ0n) is 10.8. The van der Waals surface area contributed by atoms with E-state index < -0.39 is 0 Å². The fourth-order valence-electron chi connectivity index (χ4n) is 3.07. The van der Waals surface area contributed by atoms with Gasteiger partial charge >= 0.3 is 0 Å². The summed E-state index contributed by atoms with van der Waals surface area (Å²) < 4.78 is 5.77. The molecule has 0 spiro atoms.